The molecule has 19 heavy (non-hydrogen) atoms. The van der Waals surface area contributed by atoms with E-state index in [0.717, 1.165) is 24.7 Å². The van der Waals surface area contributed by atoms with Crippen LogP contribution in [0.4, 0.5) is 0 Å². The Hall–Kier alpha value is -1.47. The summed E-state index contributed by atoms with van der Waals surface area (Å²) >= 11 is 0. The van der Waals surface area contributed by atoms with Crippen molar-refractivity contribution in [2.24, 2.45) is 0 Å². The molecule has 104 valence electrons. The van der Waals surface area contributed by atoms with Gasteiger partial charge in [0.15, 0.2) is 0 Å². The molecule has 0 saturated heterocycles. The Labute approximate surface area is 112 Å². The highest BCUT2D eigenvalue weighted by molar-refractivity contribution is 7.88. The molecule has 0 aliphatic heterocycles. The predicted molar refractivity (Wildman–Crippen MR) is 70.7 cm³/mol. The number of carbonyl (C=O) groups excluding carboxylic acids is 1. The van der Waals surface area contributed by atoms with Crippen molar-refractivity contribution in [3.05, 3.63) is 30.1 Å². The summed E-state index contributed by atoms with van der Waals surface area (Å²) in [5.74, 6) is -0.283. The molecule has 6 nitrogen and oxygen atoms in total. The molecule has 7 heteroatoms. The van der Waals surface area contributed by atoms with Crippen molar-refractivity contribution < 1.29 is 13.2 Å². The molecule has 0 radical (unpaired) electrons. The second-order valence-electron chi connectivity index (χ2n) is 4.67. The molecule has 0 spiro atoms. The van der Waals surface area contributed by atoms with E-state index in [-0.39, 0.29) is 18.5 Å². The van der Waals surface area contributed by atoms with Crippen molar-refractivity contribution in [2.75, 3.05) is 12.8 Å². The van der Waals surface area contributed by atoms with Gasteiger partial charge in [0.1, 0.15) is 0 Å². The zero-order valence-electron chi connectivity index (χ0n) is 10.7. The first kappa shape index (κ1) is 14.0. The summed E-state index contributed by atoms with van der Waals surface area (Å²) in [6.45, 7) is 0.276. The molecule has 1 saturated carbocycles. The van der Waals surface area contributed by atoms with Gasteiger partial charge in [-0.2, -0.15) is 4.31 Å². The SMILES string of the molecule is CS(=O)(=O)N(CC(=O)NCc1ccncc1)C1CC1. The lowest BCUT2D eigenvalue weighted by Gasteiger charge is -2.18. The first-order chi connectivity index (χ1) is 8.97. The highest BCUT2D eigenvalue weighted by atomic mass is 32.2. The average molecular weight is 283 g/mol. The van der Waals surface area contributed by atoms with Crippen LogP contribution in [0, 0.1) is 0 Å². The van der Waals surface area contributed by atoms with Crippen molar-refractivity contribution in [3.8, 4) is 0 Å². The van der Waals surface area contributed by atoms with Gasteiger partial charge in [-0.1, -0.05) is 0 Å². The summed E-state index contributed by atoms with van der Waals surface area (Å²) in [5, 5.41) is 2.71. The Balaban J connectivity index is 1.86. The second kappa shape index (κ2) is 5.66. The van der Waals surface area contributed by atoms with Crippen LogP contribution >= 0.6 is 0 Å². The van der Waals surface area contributed by atoms with Gasteiger partial charge in [-0.15, -0.1) is 0 Å². The Morgan fingerprint density at radius 3 is 2.58 bits per heavy atom. The average Bonchev–Trinajstić information content (AvgIpc) is 3.17. The summed E-state index contributed by atoms with van der Waals surface area (Å²) in [6.07, 6.45) is 6.11. The van der Waals surface area contributed by atoms with E-state index >= 15 is 0 Å². The third-order valence-corrected chi connectivity index (χ3v) is 4.20. The topological polar surface area (TPSA) is 79.4 Å². The maximum Gasteiger partial charge on any atom is 0.235 e. The number of hydrogen-bond acceptors (Lipinski definition) is 4. The lowest BCUT2D eigenvalue weighted by Crippen LogP contribution is -2.41. The van der Waals surface area contributed by atoms with Crippen molar-refractivity contribution in [1.82, 2.24) is 14.6 Å². The van der Waals surface area contributed by atoms with Crippen molar-refractivity contribution in [3.63, 3.8) is 0 Å². The highest BCUT2D eigenvalue weighted by Crippen LogP contribution is 2.28. The van der Waals surface area contributed by atoms with E-state index < -0.39 is 10.0 Å². The largest absolute Gasteiger partial charge is 0.351 e. The molecule has 1 aromatic heterocycles. The third-order valence-electron chi connectivity index (χ3n) is 2.92. The normalized spacial score (nSPS) is 15.5. The minimum atomic E-state index is -3.32. The smallest absolute Gasteiger partial charge is 0.235 e. The van der Waals surface area contributed by atoms with Crippen LogP contribution in [0.5, 0.6) is 0 Å². The van der Waals surface area contributed by atoms with Crippen LogP contribution < -0.4 is 5.32 Å². The fraction of sp³-hybridized carbons (Fsp3) is 0.500. The molecule has 0 bridgehead atoms. The van der Waals surface area contributed by atoms with Crippen LogP contribution in [0.3, 0.4) is 0 Å². The number of carbonyl (C=O) groups is 1. The summed E-state index contributed by atoms with van der Waals surface area (Å²) in [5.41, 5.74) is 0.931. The molecule has 1 aliphatic rings. The van der Waals surface area contributed by atoms with E-state index in [4.69, 9.17) is 0 Å². The van der Waals surface area contributed by atoms with Gasteiger partial charge in [-0.3, -0.25) is 9.78 Å². The van der Waals surface area contributed by atoms with Crippen LogP contribution in [0.1, 0.15) is 18.4 Å². The van der Waals surface area contributed by atoms with Crippen LogP contribution in [0.25, 0.3) is 0 Å². The quantitative estimate of drug-likeness (QED) is 0.804. The van der Waals surface area contributed by atoms with Gasteiger partial charge in [0.05, 0.1) is 12.8 Å². The minimum absolute atomic E-state index is 0.00155. The molecule has 1 heterocycles. The fourth-order valence-electron chi connectivity index (χ4n) is 1.78. The molecule has 1 amide bonds. The predicted octanol–water partition coefficient (Wildman–Crippen LogP) is 0.122. The third kappa shape index (κ3) is 4.29. The second-order valence-corrected chi connectivity index (χ2v) is 6.61. The van der Waals surface area contributed by atoms with E-state index in [1.165, 1.54) is 4.31 Å². The lowest BCUT2D eigenvalue weighted by molar-refractivity contribution is -0.121. The molecule has 1 aliphatic carbocycles. The van der Waals surface area contributed by atoms with E-state index in [1.54, 1.807) is 24.5 Å². The summed E-state index contributed by atoms with van der Waals surface area (Å²) in [4.78, 5) is 15.7. The lowest BCUT2D eigenvalue weighted by atomic mass is 10.3. The zero-order valence-corrected chi connectivity index (χ0v) is 11.6. The highest BCUT2D eigenvalue weighted by Gasteiger charge is 2.36. The van der Waals surface area contributed by atoms with Gasteiger partial charge in [0, 0.05) is 25.0 Å². The number of nitrogens with one attached hydrogen (secondary N) is 1. The minimum Gasteiger partial charge on any atom is -0.351 e. The first-order valence-electron chi connectivity index (χ1n) is 6.09. The van der Waals surface area contributed by atoms with Crippen LogP contribution in [-0.4, -0.2) is 42.5 Å². The number of aromatic nitrogens is 1. The van der Waals surface area contributed by atoms with E-state index in [2.05, 4.69) is 10.3 Å². The summed E-state index contributed by atoms with van der Waals surface area (Å²) in [7, 11) is -3.32. The monoisotopic (exact) mass is 283 g/mol. The molecule has 0 atom stereocenters. The molecular formula is C12H17N3O3S. The number of hydrogen-bond donors (Lipinski definition) is 1. The van der Waals surface area contributed by atoms with Crippen LogP contribution in [0.2, 0.25) is 0 Å². The molecule has 1 N–H and O–H groups in total. The standard InChI is InChI=1S/C12H17N3O3S/c1-19(17,18)15(11-2-3-11)9-12(16)14-8-10-4-6-13-7-5-10/h4-7,11H,2-3,8-9H2,1H3,(H,14,16). The van der Waals surface area contributed by atoms with Gasteiger partial charge in [-0.05, 0) is 30.5 Å². The van der Waals surface area contributed by atoms with E-state index in [0.29, 0.717) is 6.54 Å². The van der Waals surface area contributed by atoms with Crippen LogP contribution in [-0.2, 0) is 21.4 Å². The number of rotatable bonds is 6. The first-order valence-corrected chi connectivity index (χ1v) is 7.94. The van der Waals surface area contributed by atoms with E-state index in [1.807, 2.05) is 0 Å². The molecule has 1 aromatic rings. The van der Waals surface area contributed by atoms with Gasteiger partial charge in [0.25, 0.3) is 0 Å². The Morgan fingerprint density at radius 1 is 1.42 bits per heavy atom. The van der Waals surface area contributed by atoms with Crippen molar-refractivity contribution in [1.29, 1.82) is 0 Å². The molecule has 2 rings (SSSR count). The van der Waals surface area contributed by atoms with Crippen molar-refractivity contribution in [2.45, 2.75) is 25.4 Å². The number of pyridine rings is 1. The van der Waals surface area contributed by atoms with Gasteiger partial charge in [-0.25, -0.2) is 8.42 Å². The fourth-order valence-corrected chi connectivity index (χ4v) is 2.88. The van der Waals surface area contributed by atoms with E-state index in [9.17, 15) is 13.2 Å². The van der Waals surface area contributed by atoms with Gasteiger partial charge >= 0.3 is 0 Å². The number of amides is 1. The molecular weight excluding hydrogens is 266 g/mol. The Kier molecular flexibility index (Phi) is 4.16. The zero-order chi connectivity index (χ0) is 13.9. The molecule has 0 unspecified atom stereocenters. The summed E-state index contributed by atoms with van der Waals surface area (Å²) in [6, 6.07) is 3.60. The Morgan fingerprint density at radius 2 is 2.05 bits per heavy atom. The Bertz CT molecular complexity index is 541. The molecule has 1 fully saturated rings. The number of sulfonamides is 1. The maximum absolute atomic E-state index is 11.8. The molecule has 0 aromatic carbocycles. The van der Waals surface area contributed by atoms with Crippen LogP contribution in [0.15, 0.2) is 24.5 Å². The van der Waals surface area contributed by atoms with Gasteiger partial charge < -0.3 is 5.32 Å². The maximum atomic E-state index is 11.8. The summed E-state index contributed by atoms with van der Waals surface area (Å²) < 4.78 is 24.4. The van der Waals surface area contributed by atoms with Gasteiger partial charge in [0.2, 0.25) is 15.9 Å². The number of nitrogens with zero attached hydrogens (tertiary/aromatic N) is 2. The van der Waals surface area contributed by atoms with Crippen molar-refractivity contribution >= 4 is 15.9 Å².